The molecule has 0 aromatic heterocycles. The van der Waals surface area contributed by atoms with Gasteiger partial charge in [0.25, 0.3) is 0 Å². The third-order valence-electron chi connectivity index (χ3n) is 12.0. The predicted molar refractivity (Wildman–Crippen MR) is 204 cm³/mol. The quantitative estimate of drug-likeness (QED) is 0.0712. The van der Waals surface area contributed by atoms with Crippen LogP contribution in [0.1, 0.15) is 163 Å². The molecule has 4 fully saturated rings. The Morgan fingerprint density at radius 3 is 1.73 bits per heavy atom. The summed E-state index contributed by atoms with van der Waals surface area (Å²) >= 11 is 0. The topological polar surface area (TPSA) is 216 Å². The summed E-state index contributed by atoms with van der Waals surface area (Å²) in [5, 5.41) is 23.5. The molecule has 0 spiro atoms. The molecule has 0 aromatic carbocycles. The number of carbonyl (C=O) groups excluding carboxylic acids is 1. The van der Waals surface area contributed by atoms with E-state index in [9.17, 15) is 19.2 Å². The third kappa shape index (κ3) is 17.4. The van der Waals surface area contributed by atoms with E-state index in [1.165, 1.54) is 89.9 Å². The zero-order valence-electron chi connectivity index (χ0n) is 33.0. The molecule has 7 unspecified atom stereocenters. The summed E-state index contributed by atoms with van der Waals surface area (Å²) in [4.78, 5) is 40.7. The summed E-state index contributed by atoms with van der Waals surface area (Å²) in [7, 11) is 0. The molecule has 0 saturated heterocycles. The Morgan fingerprint density at radius 2 is 1.22 bits per heavy atom. The molecule has 0 amide bonds. The van der Waals surface area contributed by atoms with Gasteiger partial charge in [-0.1, -0.05) is 66.7 Å². The van der Waals surface area contributed by atoms with E-state index in [1.54, 1.807) is 0 Å². The van der Waals surface area contributed by atoms with Crippen LogP contribution in [0.2, 0.25) is 0 Å². The molecular formula is C40H77N3O8. The van der Waals surface area contributed by atoms with Crippen LogP contribution in [0.15, 0.2) is 0 Å². The summed E-state index contributed by atoms with van der Waals surface area (Å²) < 4.78 is 5.48. The number of unbranched alkanes of at least 4 members (excludes halogenated alkanes) is 3. The molecule has 4 saturated carbocycles. The second-order valence-electron chi connectivity index (χ2n) is 15.2. The fraction of sp³-hybridized carbons (Fsp3) is 0.900. The van der Waals surface area contributed by atoms with Crippen LogP contribution in [0, 0.1) is 40.4 Å². The van der Waals surface area contributed by atoms with Crippen molar-refractivity contribution in [1.29, 1.82) is 0 Å². The number of hydrogen-bond donors (Lipinski definition) is 6. The third-order valence-corrected chi connectivity index (χ3v) is 12.0. The van der Waals surface area contributed by atoms with Gasteiger partial charge in [-0.2, -0.15) is 0 Å². The molecule has 7 atom stereocenters. The van der Waals surface area contributed by atoms with Crippen molar-refractivity contribution in [2.75, 3.05) is 26.2 Å². The van der Waals surface area contributed by atoms with E-state index < -0.39 is 17.9 Å². The highest BCUT2D eigenvalue weighted by molar-refractivity contribution is 5.69. The fourth-order valence-corrected chi connectivity index (χ4v) is 9.53. The minimum atomic E-state index is -0.836. The van der Waals surface area contributed by atoms with Crippen LogP contribution in [0.25, 0.3) is 0 Å². The molecule has 51 heavy (non-hydrogen) atoms. The first-order valence-corrected chi connectivity index (χ1v) is 20.2. The normalized spacial score (nSPS) is 28.4. The number of ether oxygens (including phenoxy) is 1. The lowest BCUT2D eigenvalue weighted by molar-refractivity contribution is -0.144. The van der Waals surface area contributed by atoms with E-state index in [0.29, 0.717) is 23.9 Å². The van der Waals surface area contributed by atoms with Crippen LogP contribution in [0.4, 0.5) is 0 Å². The number of fused-ring (bicyclic) bond motifs is 5. The first-order chi connectivity index (χ1) is 24.3. The first-order valence-electron chi connectivity index (χ1n) is 20.2. The minimum Gasteiger partial charge on any atom is -0.481 e. The van der Waals surface area contributed by atoms with Crippen LogP contribution in [0.5, 0.6) is 0 Å². The van der Waals surface area contributed by atoms with Crippen LogP contribution in [0.3, 0.4) is 0 Å². The van der Waals surface area contributed by atoms with Gasteiger partial charge in [-0.25, -0.2) is 0 Å². The van der Waals surface area contributed by atoms with Crippen LogP contribution in [-0.4, -0.2) is 65.4 Å². The van der Waals surface area contributed by atoms with E-state index in [-0.39, 0.29) is 44.9 Å². The van der Waals surface area contributed by atoms with E-state index in [0.717, 1.165) is 42.4 Å². The van der Waals surface area contributed by atoms with Crippen molar-refractivity contribution in [2.45, 2.75) is 163 Å². The average Bonchev–Trinajstić information content (AvgIpc) is 3.42. The highest BCUT2D eigenvalue weighted by Gasteiger charge is 2.59. The van der Waals surface area contributed by atoms with Crippen molar-refractivity contribution in [3.05, 3.63) is 0 Å². The number of carbonyl (C=O) groups is 4. The number of hydrogen-bond acceptors (Lipinski definition) is 8. The summed E-state index contributed by atoms with van der Waals surface area (Å²) in [6, 6.07) is 0. The lowest BCUT2D eigenvalue weighted by Crippen LogP contribution is -2.52. The molecule has 4 aliphatic rings. The van der Waals surface area contributed by atoms with Gasteiger partial charge in [-0.3, -0.25) is 19.2 Å². The van der Waals surface area contributed by atoms with Crippen molar-refractivity contribution in [3.8, 4) is 0 Å². The van der Waals surface area contributed by atoms with Crippen molar-refractivity contribution >= 4 is 23.9 Å². The van der Waals surface area contributed by atoms with Crippen molar-refractivity contribution in [2.24, 2.45) is 57.6 Å². The molecule has 0 aromatic rings. The van der Waals surface area contributed by atoms with Gasteiger partial charge in [0.2, 0.25) is 0 Å². The zero-order chi connectivity index (χ0) is 38.9. The lowest BCUT2D eigenvalue weighted by atomic mass is 9.45. The molecule has 4 rings (SSSR count). The van der Waals surface area contributed by atoms with E-state index in [1.807, 2.05) is 13.8 Å². The second kappa shape index (κ2) is 27.4. The number of rotatable bonds is 15. The maximum atomic E-state index is 12.1. The van der Waals surface area contributed by atoms with Gasteiger partial charge in [-0.15, -0.1) is 0 Å². The van der Waals surface area contributed by atoms with Gasteiger partial charge in [0.15, 0.2) is 0 Å². The first kappa shape index (κ1) is 48.8. The molecule has 11 heteroatoms. The van der Waals surface area contributed by atoms with E-state index >= 15 is 0 Å². The van der Waals surface area contributed by atoms with Gasteiger partial charge in [0, 0.05) is 26.1 Å². The predicted octanol–water partition coefficient (Wildman–Crippen LogP) is 7.61. The van der Waals surface area contributed by atoms with Crippen molar-refractivity contribution in [1.82, 2.24) is 0 Å². The average molecular weight is 728 g/mol. The van der Waals surface area contributed by atoms with E-state index in [4.69, 9.17) is 37.3 Å². The molecule has 0 heterocycles. The Bertz CT molecular complexity index is 943. The number of carboxylic acids is 3. The Kier molecular flexibility index (Phi) is 26.2. The Morgan fingerprint density at radius 1 is 0.647 bits per heavy atom. The van der Waals surface area contributed by atoms with Gasteiger partial charge < -0.3 is 37.3 Å². The molecule has 11 nitrogen and oxygen atoms in total. The van der Waals surface area contributed by atoms with Crippen LogP contribution in [-0.2, 0) is 23.9 Å². The molecule has 300 valence electrons. The highest BCUT2D eigenvalue weighted by atomic mass is 16.5. The van der Waals surface area contributed by atoms with E-state index in [2.05, 4.69) is 20.8 Å². The van der Waals surface area contributed by atoms with Gasteiger partial charge in [-0.05, 0) is 111 Å². The maximum absolute atomic E-state index is 12.1. The van der Waals surface area contributed by atoms with Crippen LogP contribution >= 0.6 is 0 Å². The molecular weight excluding hydrogens is 650 g/mol. The standard InChI is InChI=1S/C29H50O2.3C3H7NO2.C2H6/c1-4-5-6-9-21-31-27(30)13-10-12-23-15-17-25-24-16-14-22-11-7-8-19-28(22,2)26(24)18-20-29(23,25)3;3*4-2-1-3(5)6;1-2/h22-26H,4-21H2,1-3H3;3*1-2,4H2,(H,5,6);1-2H3. The summed E-state index contributed by atoms with van der Waals surface area (Å²) in [6.07, 6.45) is 22.7. The SMILES string of the molecule is CC.CCCCCCOC(=O)CCCC1CCC2C3CCC4CCCCC4(C)C3CCC12C.NCCC(=O)O.NCCC(=O)O.NCCC(=O)O. The van der Waals surface area contributed by atoms with Crippen molar-refractivity contribution < 1.29 is 39.2 Å². The monoisotopic (exact) mass is 728 g/mol. The molecule has 0 radical (unpaired) electrons. The van der Waals surface area contributed by atoms with Crippen LogP contribution < -0.4 is 17.2 Å². The lowest BCUT2D eigenvalue weighted by Gasteiger charge is -2.60. The number of carboxylic acid groups (broad SMARTS) is 3. The summed E-state index contributed by atoms with van der Waals surface area (Å²) in [6.45, 7) is 12.9. The summed E-state index contributed by atoms with van der Waals surface area (Å²) in [5.41, 5.74) is 15.7. The smallest absolute Gasteiger partial charge is 0.305 e. The minimum absolute atomic E-state index is 0.0449. The number of nitrogens with two attached hydrogens (primary N) is 3. The Hall–Kier alpha value is -2.24. The maximum Gasteiger partial charge on any atom is 0.305 e. The Balaban J connectivity index is 0.00000103. The van der Waals surface area contributed by atoms with Crippen molar-refractivity contribution in [3.63, 3.8) is 0 Å². The number of esters is 1. The molecule has 4 aliphatic carbocycles. The second-order valence-corrected chi connectivity index (χ2v) is 15.2. The summed E-state index contributed by atoms with van der Waals surface area (Å²) in [5.74, 6) is 2.37. The van der Waals surface area contributed by atoms with Gasteiger partial charge >= 0.3 is 23.9 Å². The number of aliphatic carboxylic acids is 3. The van der Waals surface area contributed by atoms with Gasteiger partial charge in [0.1, 0.15) is 0 Å². The molecule has 0 bridgehead atoms. The highest BCUT2D eigenvalue weighted by Crippen LogP contribution is 2.67. The fourth-order valence-electron chi connectivity index (χ4n) is 9.53. The molecule has 0 aliphatic heterocycles. The molecule has 9 N–H and O–H groups in total. The van der Waals surface area contributed by atoms with Gasteiger partial charge in [0.05, 0.1) is 25.9 Å². The largest absolute Gasteiger partial charge is 0.481 e. The zero-order valence-corrected chi connectivity index (χ0v) is 33.0. The Labute approximate surface area is 309 Å².